The first-order valence-electron chi connectivity index (χ1n) is 7.81. The average molecular weight is 402 g/mol. The molecule has 1 N–H and O–H groups in total. The number of carbonyl (C=O) groups excluding carboxylic acids is 3. The molecule has 1 fully saturated rings. The van der Waals surface area contributed by atoms with Crippen LogP contribution in [0.4, 0.5) is 5.69 Å². The Balaban J connectivity index is 1.58. The number of hydrogen-bond donors (Lipinski definition) is 1. The molecule has 3 rings (SSSR count). The van der Waals surface area contributed by atoms with E-state index in [1.165, 1.54) is 11.0 Å². The summed E-state index contributed by atoms with van der Waals surface area (Å²) in [6.07, 6.45) is 2.66. The molecule has 3 amide bonds. The number of likely N-dealkylation sites (tertiary alicyclic amines) is 1. The van der Waals surface area contributed by atoms with Crippen LogP contribution < -0.4 is 5.32 Å². The lowest BCUT2D eigenvalue weighted by Gasteiger charge is -2.17. The Labute approximate surface area is 159 Å². The first kappa shape index (κ1) is 18.2. The van der Waals surface area contributed by atoms with Crippen LogP contribution in [0.15, 0.2) is 29.3 Å². The number of fused-ring (bicyclic) bond motifs is 1. The van der Waals surface area contributed by atoms with Gasteiger partial charge in [-0.05, 0) is 31.0 Å². The highest BCUT2D eigenvalue weighted by Gasteiger charge is 2.48. The zero-order valence-corrected chi connectivity index (χ0v) is 15.4. The molecule has 0 bridgehead atoms. The highest BCUT2D eigenvalue weighted by Crippen LogP contribution is 2.38. The number of hydrogen-bond acceptors (Lipinski definition) is 3. The number of nitrogens with zero attached hydrogens (tertiary/aromatic N) is 1. The summed E-state index contributed by atoms with van der Waals surface area (Å²) >= 11 is 17.7. The lowest BCUT2D eigenvalue weighted by atomic mass is 9.85. The lowest BCUT2D eigenvalue weighted by molar-refractivity contribution is -0.140. The van der Waals surface area contributed by atoms with Gasteiger partial charge in [0.2, 0.25) is 17.7 Å². The molecule has 2 atom stereocenters. The first-order valence-corrected chi connectivity index (χ1v) is 8.95. The second-order valence-corrected chi connectivity index (χ2v) is 7.36. The maximum Gasteiger partial charge on any atom is 0.233 e. The predicted octanol–water partition coefficient (Wildman–Crippen LogP) is 3.84. The summed E-state index contributed by atoms with van der Waals surface area (Å²) in [4.78, 5) is 38.0. The molecule has 132 valence electrons. The maximum absolute atomic E-state index is 12.4. The van der Waals surface area contributed by atoms with Gasteiger partial charge in [0.15, 0.2) is 0 Å². The van der Waals surface area contributed by atoms with Crippen LogP contribution in [-0.2, 0) is 14.4 Å². The van der Waals surface area contributed by atoms with Crippen molar-refractivity contribution in [2.75, 3.05) is 11.9 Å². The summed E-state index contributed by atoms with van der Waals surface area (Å²) in [6.45, 7) is 0.0510. The summed E-state index contributed by atoms with van der Waals surface area (Å²) in [6, 6.07) is 4.74. The van der Waals surface area contributed by atoms with Gasteiger partial charge in [-0.3, -0.25) is 19.3 Å². The molecule has 5 nitrogen and oxygen atoms in total. The molecule has 1 saturated heterocycles. The van der Waals surface area contributed by atoms with E-state index in [0.717, 1.165) is 0 Å². The van der Waals surface area contributed by atoms with Crippen LogP contribution in [-0.4, -0.2) is 29.2 Å². The van der Waals surface area contributed by atoms with Crippen molar-refractivity contribution < 1.29 is 14.4 Å². The SMILES string of the molecule is O=C(CCN1C(=O)[C@@H]2CC=C(Cl)C[C@H]2C1=O)Nc1ccc(Cl)c(Cl)c1. The summed E-state index contributed by atoms with van der Waals surface area (Å²) < 4.78 is 0. The molecule has 1 aromatic carbocycles. The number of anilines is 1. The van der Waals surface area contributed by atoms with Crippen molar-refractivity contribution in [3.63, 3.8) is 0 Å². The van der Waals surface area contributed by atoms with Crippen molar-refractivity contribution >= 4 is 58.2 Å². The molecule has 0 radical (unpaired) electrons. The van der Waals surface area contributed by atoms with Crippen LogP contribution in [0.2, 0.25) is 10.0 Å². The highest BCUT2D eigenvalue weighted by molar-refractivity contribution is 6.42. The third kappa shape index (κ3) is 3.84. The fourth-order valence-electron chi connectivity index (χ4n) is 3.13. The van der Waals surface area contributed by atoms with Gasteiger partial charge in [0.1, 0.15) is 0 Å². The van der Waals surface area contributed by atoms with E-state index < -0.39 is 5.92 Å². The molecule has 1 aliphatic carbocycles. The molecule has 1 heterocycles. The van der Waals surface area contributed by atoms with Gasteiger partial charge in [0, 0.05) is 23.7 Å². The maximum atomic E-state index is 12.4. The van der Waals surface area contributed by atoms with E-state index in [0.29, 0.717) is 33.6 Å². The monoisotopic (exact) mass is 400 g/mol. The molecular weight excluding hydrogens is 387 g/mol. The predicted molar refractivity (Wildman–Crippen MR) is 96.6 cm³/mol. The topological polar surface area (TPSA) is 66.5 Å². The number of benzene rings is 1. The Morgan fingerprint density at radius 2 is 1.84 bits per heavy atom. The summed E-state index contributed by atoms with van der Waals surface area (Å²) in [5.74, 6) is -1.54. The smallest absolute Gasteiger partial charge is 0.233 e. The van der Waals surface area contributed by atoms with Crippen molar-refractivity contribution in [2.24, 2.45) is 11.8 Å². The molecule has 0 saturated carbocycles. The van der Waals surface area contributed by atoms with E-state index in [4.69, 9.17) is 34.8 Å². The van der Waals surface area contributed by atoms with Gasteiger partial charge < -0.3 is 5.32 Å². The average Bonchev–Trinajstić information content (AvgIpc) is 2.80. The largest absolute Gasteiger partial charge is 0.326 e. The van der Waals surface area contributed by atoms with Gasteiger partial charge in [-0.25, -0.2) is 0 Å². The van der Waals surface area contributed by atoms with E-state index in [9.17, 15) is 14.4 Å². The fraction of sp³-hybridized carbons (Fsp3) is 0.353. The van der Waals surface area contributed by atoms with Crippen LogP contribution in [0.5, 0.6) is 0 Å². The first-order chi connectivity index (χ1) is 11.9. The number of rotatable bonds is 4. The number of imide groups is 1. The van der Waals surface area contributed by atoms with Crippen LogP contribution >= 0.6 is 34.8 Å². The molecule has 0 unspecified atom stereocenters. The van der Waals surface area contributed by atoms with Crippen LogP contribution in [0, 0.1) is 11.8 Å². The van der Waals surface area contributed by atoms with Gasteiger partial charge in [-0.1, -0.05) is 40.9 Å². The Morgan fingerprint density at radius 1 is 1.12 bits per heavy atom. The zero-order valence-electron chi connectivity index (χ0n) is 13.1. The van der Waals surface area contributed by atoms with Crippen LogP contribution in [0.25, 0.3) is 0 Å². The Morgan fingerprint density at radius 3 is 2.56 bits per heavy atom. The summed E-state index contributed by atoms with van der Waals surface area (Å²) in [5.41, 5.74) is 0.503. The standard InChI is InChI=1S/C17H15Cl3N2O3/c18-9-1-3-11-12(7-9)17(25)22(16(11)24)6-5-15(23)21-10-2-4-13(19)14(20)8-10/h1-2,4,8,11-12H,3,5-7H2,(H,21,23)/t11-,12-/m1/s1. The zero-order chi connectivity index (χ0) is 18.1. The van der Waals surface area contributed by atoms with Gasteiger partial charge in [-0.15, -0.1) is 0 Å². The van der Waals surface area contributed by atoms with E-state index in [-0.39, 0.29) is 36.6 Å². The Hall–Kier alpha value is -1.56. The number of carbonyl (C=O) groups is 3. The molecule has 0 spiro atoms. The number of halogens is 3. The number of nitrogens with one attached hydrogen (secondary N) is 1. The van der Waals surface area contributed by atoms with Gasteiger partial charge >= 0.3 is 0 Å². The Kier molecular flexibility index (Phi) is 5.37. The van der Waals surface area contributed by atoms with Crippen molar-refractivity contribution in [3.8, 4) is 0 Å². The summed E-state index contributed by atoms with van der Waals surface area (Å²) in [5, 5.41) is 4.01. The third-order valence-electron chi connectivity index (χ3n) is 4.43. The minimum absolute atomic E-state index is 0.0122. The van der Waals surface area contributed by atoms with Gasteiger partial charge in [-0.2, -0.15) is 0 Å². The molecule has 0 aromatic heterocycles. The normalized spacial score (nSPS) is 22.7. The minimum atomic E-state index is -0.400. The van der Waals surface area contributed by atoms with E-state index in [1.54, 1.807) is 18.2 Å². The molecule has 25 heavy (non-hydrogen) atoms. The minimum Gasteiger partial charge on any atom is -0.326 e. The van der Waals surface area contributed by atoms with Crippen molar-refractivity contribution in [3.05, 3.63) is 39.4 Å². The van der Waals surface area contributed by atoms with Gasteiger partial charge in [0.05, 0.1) is 21.9 Å². The molecule has 2 aliphatic rings. The second kappa shape index (κ2) is 7.36. The fourth-order valence-corrected chi connectivity index (χ4v) is 3.68. The van der Waals surface area contributed by atoms with Crippen molar-refractivity contribution in [2.45, 2.75) is 19.3 Å². The number of amides is 3. The lowest BCUT2D eigenvalue weighted by Crippen LogP contribution is -2.34. The molecule has 8 heteroatoms. The van der Waals surface area contributed by atoms with E-state index in [1.807, 2.05) is 0 Å². The summed E-state index contributed by atoms with van der Waals surface area (Å²) in [7, 11) is 0. The highest BCUT2D eigenvalue weighted by atomic mass is 35.5. The molecule has 1 aromatic rings. The van der Waals surface area contributed by atoms with Crippen molar-refractivity contribution in [1.29, 1.82) is 0 Å². The van der Waals surface area contributed by atoms with E-state index >= 15 is 0 Å². The van der Waals surface area contributed by atoms with Crippen molar-refractivity contribution in [1.82, 2.24) is 4.90 Å². The second-order valence-electron chi connectivity index (χ2n) is 6.06. The third-order valence-corrected chi connectivity index (χ3v) is 5.47. The number of allylic oxidation sites excluding steroid dienone is 2. The Bertz CT molecular complexity index is 778. The molecule has 1 aliphatic heterocycles. The van der Waals surface area contributed by atoms with E-state index in [2.05, 4.69) is 5.32 Å². The quantitative estimate of drug-likeness (QED) is 0.780. The van der Waals surface area contributed by atoms with Crippen LogP contribution in [0.3, 0.4) is 0 Å². The van der Waals surface area contributed by atoms with Gasteiger partial charge in [0.25, 0.3) is 0 Å². The molecular formula is C17H15Cl3N2O3. The van der Waals surface area contributed by atoms with Crippen LogP contribution in [0.1, 0.15) is 19.3 Å².